The molecule has 1 atom stereocenters. The van der Waals surface area contributed by atoms with E-state index in [-0.39, 0.29) is 11.7 Å². The molecule has 0 radical (unpaired) electrons. The first-order valence-corrected chi connectivity index (χ1v) is 6.80. The van der Waals surface area contributed by atoms with E-state index in [2.05, 4.69) is 0 Å². The number of carboxylic acid groups (broad SMARTS) is 1. The lowest BCUT2D eigenvalue weighted by molar-refractivity contribution is -0.142. The summed E-state index contributed by atoms with van der Waals surface area (Å²) in [5.74, 6) is -1.67. The first kappa shape index (κ1) is 14.5. The quantitative estimate of drug-likeness (QED) is 0.905. The number of hydrogen-bond acceptors (Lipinski definition) is 2. The molecule has 1 fully saturated rings. The summed E-state index contributed by atoms with van der Waals surface area (Å²) in [6, 6.07) is 3.35. The molecule has 1 aliphatic rings. The molecule has 1 saturated heterocycles. The maximum Gasteiger partial charge on any atom is 0.326 e. The Morgan fingerprint density at radius 1 is 1.30 bits per heavy atom. The summed E-state index contributed by atoms with van der Waals surface area (Å²) < 4.78 is 13.3. The Morgan fingerprint density at radius 3 is 2.70 bits per heavy atom. The number of aliphatic carboxylic acids is 1. The van der Waals surface area contributed by atoms with E-state index in [1.54, 1.807) is 6.92 Å². The van der Waals surface area contributed by atoms with Crippen molar-refractivity contribution in [1.82, 2.24) is 4.90 Å². The van der Waals surface area contributed by atoms with Gasteiger partial charge in [-0.25, -0.2) is 9.18 Å². The SMILES string of the molecule is Cc1cc(C(=O)N2CCCCCC2C(=O)O)ccc1F. The van der Waals surface area contributed by atoms with E-state index < -0.39 is 12.0 Å². The fourth-order valence-electron chi connectivity index (χ4n) is 2.55. The van der Waals surface area contributed by atoms with E-state index in [1.165, 1.54) is 23.1 Å². The highest BCUT2D eigenvalue weighted by molar-refractivity contribution is 5.96. The predicted molar refractivity (Wildman–Crippen MR) is 72.1 cm³/mol. The van der Waals surface area contributed by atoms with Crippen molar-refractivity contribution in [2.24, 2.45) is 0 Å². The van der Waals surface area contributed by atoms with E-state index in [0.29, 0.717) is 24.1 Å². The number of nitrogens with zero attached hydrogens (tertiary/aromatic N) is 1. The lowest BCUT2D eigenvalue weighted by Gasteiger charge is -2.27. The lowest BCUT2D eigenvalue weighted by atomic mass is 10.1. The Bertz CT molecular complexity index is 530. The highest BCUT2D eigenvalue weighted by Crippen LogP contribution is 2.20. The number of carboxylic acids is 1. The van der Waals surface area contributed by atoms with Crippen molar-refractivity contribution in [3.63, 3.8) is 0 Å². The van der Waals surface area contributed by atoms with Gasteiger partial charge in [0, 0.05) is 12.1 Å². The molecule has 1 aliphatic heterocycles. The average Bonchev–Trinajstić information content (AvgIpc) is 2.66. The summed E-state index contributed by atoms with van der Waals surface area (Å²) in [7, 11) is 0. The van der Waals surface area contributed by atoms with E-state index >= 15 is 0 Å². The summed E-state index contributed by atoms with van der Waals surface area (Å²) in [5, 5.41) is 9.27. The van der Waals surface area contributed by atoms with E-state index in [0.717, 1.165) is 19.3 Å². The number of halogens is 1. The minimum atomic E-state index is -0.973. The number of aryl methyl sites for hydroxylation is 1. The van der Waals surface area contributed by atoms with Crippen LogP contribution in [0.4, 0.5) is 4.39 Å². The van der Waals surface area contributed by atoms with Crippen LogP contribution in [0.3, 0.4) is 0 Å². The van der Waals surface area contributed by atoms with Gasteiger partial charge >= 0.3 is 5.97 Å². The number of carbonyl (C=O) groups excluding carboxylic acids is 1. The fourth-order valence-corrected chi connectivity index (χ4v) is 2.55. The maximum absolute atomic E-state index is 13.3. The van der Waals surface area contributed by atoms with Crippen LogP contribution in [0.15, 0.2) is 18.2 Å². The molecule has 1 heterocycles. The van der Waals surface area contributed by atoms with E-state index in [4.69, 9.17) is 0 Å². The van der Waals surface area contributed by atoms with Crippen LogP contribution in [-0.4, -0.2) is 34.5 Å². The molecular formula is C15H18FNO3. The number of rotatable bonds is 2. The molecule has 1 amide bonds. The third kappa shape index (κ3) is 2.98. The van der Waals surface area contributed by atoms with E-state index in [1.807, 2.05) is 0 Å². The van der Waals surface area contributed by atoms with Gasteiger partial charge in [-0.05, 0) is 43.5 Å². The zero-order valence-electron chi connectivity index (χ0n) is 11.4. The standard InChI is InChI=1S/C15H18FNO3/c1-10-9-11(6-7-12(10)16)14(18)17-8-4-2-3-5-13(17)15(19)20/h6-7,9,13H,2-5,8H2,1H3,(H,19,20). The smallest absolute Gasteiger partial charge is 0.326 e. The van der Waals surface area contributed by atoms with Crippen molar-refractivity contribution < 1.29 is 19.1 Å². The second-order valence-corrected chi connectivity index (χ2v) is 5.17. The molecule has 1 aromatic carbocycles. The second kappa shape index (κ2) is 6.03. The van der Waals surface area contributed by atoms with Crippen LogP contribution in [-0.2, 0) is 4.79 Å². The summed E-state index contributed by atoms with van der Waals surface area (Å²) in [6.07, 6.45) is 3.01. The van der Waals surface area contributed by atoms with Crippen LogP contribution < -0.4 is 0 Å². The van der Waals surface area contributed by atoms with Gasteiger partial charge in [0.2, 0.25) is 0 Å². The largest absolute Gasteiger partial charge is 0.480 e. The molecule has 4 nitrogen and oxygen atoms in total. The molecule has 0 spiro atoms. The van der Waals surface area contributed by atoms with Crippen molar-refractivity contribution in [2.45, 2.75) is 38.6 Å². The van der Waals surface area contributed by atoms with Crippen LogP contribution in [0.25, 0.3) is 0 Å². The second-order valence-electron chi connectivity index (χ2n) is 5.17. The summed E-state index contributed by atoms with van der Waals surface area (Å²) in [4.78, 5) is 25.2. The Morgan fingerprint density at radius 2 is 2.05 bits per heavy atom. The minimum Gasteiger partial charge on any atom is -0.480 e. The third-order valence-corrected chi connectivity index (χ3v) is 3.70. The van der Waals surface area contributed by atoms with Crippen LogP contribution in [0.5, 0.6) is 0 Å². The average molecular weight is 279 g/mol. The Balaban J connectivity index is 2.28. The third-order valence-electron chi connectivity index (χ3n) is 3.70. The molecule has 2 rings (SSSR count). The summed E-state index contributed by atoms with van der Waals surface area (Å²) >= 11 is 0. The van der Waals surface area contributed by atoms with Gasteiger partial charge < -0.3 is 10.0 Å². The Labute approximate surface area is 117 Å². The monoisotopic (exact) mass is 279 g/mol. The van der Waals surface area contributed by atoms with Gasteiger partial charge in [-0.15, -0.1) is 0 Å². The Hall–Kier alpha value is -1.91. The minimum absolute atomic E-state index is 0.331. The van der Waals surface area contributed by atoms with Crippen LogP contribution in [0.2, 0.25) is 0 Å². The molecule has 1 unspecified atom stereocenters. The zero-order chi connectivity index (χ0) is 14.7. The summed E-state index contributed by atoms with van der Waals surface area (Å²) in [5.41, 5.74) is 0.731. The first-order valence-electron chi connectivity index (χ1n) is 6.80. The molecule has 0 aliphatic carbocycles. The number of likely N-dealkylation sites (tertiary alicyclic amines) is 1. The molecule has 0 aromatic heterocycles. The number of benzene rings is 1. The highest BCUT2D eigenvalue weighted by Gasteiger charge is 2.31. The van der Waals surface area contributed by atoms with Crippen molar-refractivity contribution in [3.05, 3.63) is 35.1 Å². The molecule has 1 N–H and O–H groups in total. The molecule has 0 bridgehead atoms. The normalized spacial score (nSPS) is 19.5. The number of carbonyl (C=O) groups is 2. The highest BCUT2D eigenvalue weighted by atomic mass is 19.1. The topological polar surface area (TPSA) is 57.6 Å². The van der Waals surface area contributed by atoms with E-state index in [9.17, 15) is 19.1 Å². The summed E-state index contributed by atoms with van der Waals surface area (Å²) in [6.45, 7) is 2.02. The first-order chi connectivity index (χ1) is 9.50. The molecule has 1 aromatic rings. The van der Waals surface area contributed by atoms with Crippen molar-refractivity contribution >= 4 is 11.9 Å². The predicted octanol–water partition coefficient (Wildman–Crippen LogP) is 2.60. The lowest BCUT2D eigenvalue weighted by Crippen LogP contribution is -2.44. The molecular weight excluding hydrogens is 261 g/mol. The van der Waals surface area contributed by atoms with Gasteiger partial charge in [0.1, 0.15) is 11.9 Å². The van der Waals surface area contributed by atoms with Gasteiger partial charge in [0.25, 0.3) is 5.91 Å². The zero-order valence-corrected chi connectivity index (χ0v) is 11.4. The van der Waals surface area contributed by atoms with Crippen molar-refractivity contribution in [3.8, 4) is 0 Å². The van der Waals surface area contributed by atoms with Crippen molar-refractivity contribution in [1.29, 1.82) is 0 Å². The van der Waals surface area contributed by atoms with Gasteiger partial charge in [-0.1, -0.05) is 12.8 Å². The van der Waals surface area contributed by atoms with Crippen LogP contribution in [0.1, 0.15) is 41.6 Å². The van der Waals surface area contributed by atoms with Crippen LogP contribution >= 0.6 is 0 Å². The van der Waals surface area contributed by atoms with Gasteiger partial charge in [0.15, 0.2) is 0 Å². The maximum atomic E-state index is 13.3. The molecule has 5 heteroatoms. The van der Waals surface area contributed by atoms with Crippen LogP contribution in [0, 0.1) is 12.7 Å². The Kier molecular flexibility index (Phi) is 4.37. The molecule has 20 heavy (non-hydrogen) atoms. The van der Waals surface area contributed by atoms with Gasteiger partial charge in [-0.2, -0.15) is 0 Å². The number of amides is 1. The van der Waals surface area contributed by atoms with Gasteiger partial charge in [0.05, 0.1) is 0 Å². The molecule has 108 valence electrons. The number of hydrogen-bond donors (Lipinski definition) is 1. The van der Waals surface area contributed by atoms with Gasteiger partial charge in [-0.3, -0.25) is 4.79 Å². The van der Waals surface area contributed by atoms with Crippen molar-refractivity contribution in [2.75, 3.05) is 6.54 Å². The fraction of sp³-hybridized carbons (Fsp3) is 0.467. The molecule has 0 saturated carbocycles.